The third-order valence-electron chi connectivity index (χ3n) is 5.13. The normalized spacial score (nSPS) is 28.3. The van der Waals surface area contributed by atoms with Gasteiger partial charge in [-0.1, -0.05) is 0 Å². The van der Waals surface area contributed by atoms with Gasteiger partial charge in [0.05, 0.1) is 18.2 Å². The number of hydrogen-bond donors (Lipinski definition) is 0. The minimum absolute atomic E-state index is 0.0769. The lowest BCUT2D eigenvalue weighted by Crippen LogP contribution is -2.36. The van der Waals surface area contributed by atoms with Crippen molar-refractivity contribution < 1.29 is 14.3 Å². The molecule has 5 rings (SSSR count). The summed E-state index contributed by atoms with van der Waals surface area (Å²) in [7, 11) is 1.61. The lowest BCUT2D eigenvalue weighted by molar-refractivity contribution is 0.0994. The van der Waals surface area contributed by atoms with E-state index in [0.29, 0.717) is 29.7 Å². The van der Waals surface area contributed by atoms with Crippen LogP contribution in [0.3, 0.4) is 0 Å². The summed E-state index contributed by atoms with van der Waals surface area (Å²) in [6.07, 6.45) is 4.42. The van der Waals surface area contributed by atoms with Crippen molar-refractivity contribution in [3.63, 3.8) is 0 Å². The highest BCUT2D eigenvalue weighted by atomic mass is 16.5. The number of ketones is 1. The predicted molar refractivity (Wildman–Crippen MR) is 87.1 cm³/mol. The number of hydrogen-bond acceptors (Lipinski definition) is 5. The van der Waals surface area contributed by atoms with Crippen LogP contribution in [-0.4, -0.2) is 61.5 Å². The van der Waals surface area contributed by atoms with Crippen LogP contribution in [0.5, 0.6) is 11.5 Å². The predicted octanol–water partition coefficient (Wildman–Crippen LogP) is 1.93. The first-order valence-electron chi connectivity index (χ1n) is 8.29. The SMILES string of the molecule is COc1ccc2c(c1)OCC(=CN1CCN3CCC1CC3)C2=O. The molecule has 0 atom stereocenters. The summed E-state index contributed by atoms with van der Waals surface area (Å²) >= 11 is 0. The van der Waals surface area contributed by atoms with E-state index in [1.165, 1.54) is 25.9 Å². The molecule has 3 fully saturated rings. The molecular weight excluding hydrogens is 292 g/mol. The number of methoxy groups -OCH3 is 1. The van der Waals surface area contributed by atoms with Gasteiger partial charge in [-0.25, -0.2) is 0 Å². The van der Waals surface area contributed by atoms with Gasteiger partial charge < -0.3 is 19.3 Å². The number of carbonyl (C=O) groups excluding carboxylic acids is 1. The Labute approximate surface area is 136 Å². The molecule has 0 radical (unpaired) electrons. The fourth-order valence-electron chi connectivity index (χ4n) is 3.71. The van der Waals surface area contributed by atoms with Crippen molar-refractivity contribution in [2.24, 2.45) is 0 Å². The molecule has 23 heavy (non-hydrogen) atoms. The minimum atomic E-state index is 0.0769. The van der Waals surface area contributed by atoms with E-state index in [-0.39, 0.29) is 5.78 Å². The highest BCUT2D eigenvalue weighted by Crippen LogP contribution is 2.31. The molecule has 4 heterocycles. The van der Waals surface area contributed by atoms with E-state index in [1.54, 1.807) is 19.2 Å². The Morgan fingerprint density at radius 3 is 2.83 bits per heavy atom. The van der Waals surface area contributed by atoms with Crippen LogP contribution in [-0.2, 0) is 0 Å². The Hall–Kier alpha value is -2.01. The van der Waals surface area contributed by atoms with Crippen LogP contribution in [0, 0.1) is 0 Å². The Bertz CT molecular complexity index is 648. The van der Waals surface area contributed by atoms with E-state index in [4.69, 9.17) is 9.47 Å². The Morgan fingerprint density at radius 1 is 1.22 bits per heavy atom. The maximum absolute atomic E-state index is 12.8. The highest BCUT2D eigenvalue weighted by molar-refractivity contribution is 6.11. The van der Waals surface area contributed by atoms with Crippen molar-refractivity contribution in [2.45, 2.75) is 18.9 Å². The highest BCUT2D eigenvalue weighted by Gasteiger charge is 2.30. The third kappa shape index (κ3) is 2.70. The smallest absolute Gasteiger partial charge is 0.197 e. The summed E-state index contributed by atoms with van der Waals surface area (Å²) in [4.78, 5) is 17.6. The van der Waals surface area contributed by atoms with Crippen LogP contribution in [0.15, 0.2) is 30.0 Å². The van der Waals surface area contributed by atoms with Crippen molar-refractivity contribution in [3.05, 3.63) is 35.5 Å². The summed E-state index contributed by atoms with van der Waals surface area (Å²) in [5.74, 6) is 1.41. The number of piperidine rings is 1. The first-order valence-corrected chi connectivity index (χ1v) is 8.29. The van der Waals surface area contributed by atoms with Crippen LogP contribution in [0.25, 0.3) is 0 Å². The number of ether oxygens (including phenoxy) is 2. The van der Waals surface area contributed by atoms with Crippen molar-refractivity contribution in [2.75, 3.05) is 39.9 Å². The lowest BCUT2D eigenvalue weighted by Gasteiger charge is -2.31. The Morgan fingerprint density at radius 2 is 2.04 bits per heavy atom. The van der Waals surface area contributed by atoms with Crippen molar-refractivity contribution in [1.29, 1.82) is 0 Å². The molecule has 0 amide bonds. The molecule has 1 aromatic rings. The maximum atomic E-state index is 12.8. The molecule has 1 aromatic carbocycles. The van der Waals surface area contributed by atoms with E-state index in [1.807, 2.05) is 6.07 Å². The number of Topliss-reactive ketones (excluding diaryl/α,β-unsaturated/α-hetero) is 1. The van der Waals surface area contributed by atoms with E-state index >= 15 is 0 Å². The Kier molecular flexibility index (Phi) is 3.73. The average molecular weight is 314 g/mol. The zero-order chi connectivity index (χ0) is 15.8. The van der Waals surface area contributed by atoms with Gasteiger partial charge in [0, 0.05) is 44.5 Å². The third-order valence-corrected chi connectivity index (χ3v) is 5.13. The zero-order valence-corrected chi connectivity index (χ0v) is 13.5. The fraction of sp³-hybridized carbons (Fsp3) is 0.500. The molecule has 4 aliphatic rings. The molecule has 0 aromatic heterocycles. The molecule has 0 saturated carbocycles. The number of rotatable bonds is 2. The van der Waals surface area contributed by atoms with Crippen LogP contribution < -0.4 is 9.47 Å². The fourth-order valence-corrected chi connectivity index (χ4v) is 3.71. The van der Waals surface area contributed by atoms with Gasteiger partial charge in [0.1, 0.15) is 18.1 Å². The molecule has 0 N–H and O–H groups in total. The van der Waals surface area contributed by atoms with Crippen LogP contribution in [0.4, 0.5) is 0 Å². The van der Waals surface area contributed by atoms with Gasteiger partial charge in [-0.15, -0.1) is 0 Å². The van der Waals surface area contributed by atoms with Crippen molar-refractivity contribution in [1.82, 2.24) is 9.80 Å². The van der Waals surface area contributed by atoms with Crippen molar-refractivity contribution in [3.8, 4) is 11.5 Å². The maximum Gasteiger partial charge on any atom is 0.197 e. The topological polar surface area (TPSA) is 42.0 Å². The zero-order valence-electron chi connectivity index (χ0n) is 13.5. The van der Waals surface area contributed by atoms with E-state index in [0.717, 1.165) is 18.7 Å². The first-order chi connectivity index (χ1) is 11.2. The van der Waals surface area contributed by atoms with Crippen LogP contribution in [0.2, 0.25) is 0 Å². The molecule has 122 valence electrons. The molecule has 5 heteroatoms. The second kappa shape index (κ2) is 5.89. The Balaban J connectivity index is 1.59. The number of carbonyl (C=O) groups is 1. The molecule has 0 spiro atoms. The van der Waals surface area contributed by atoms with Gasteiger partial charge in [-0.05, 0) is 25.0 Å². The standard InChI is InChI=1S/C18H22N2O3/c1-22-15-2-3-16-17(10-15)23-12-13(18(16)21)11-20-9-8-19-6-4-14(20)5-7-19/h2-3,10-11,14H,4-9,12H2,1H3. The van der Waals surface area contributed by atoms with Gasteiger partial charge in [-0.2, -0.15) is 0 Å². The molecule has 0 aliphatic carbocycles. The molecule has 2 bridgehead atoms. The largest absolute Gasteiger partial charge is 0.497 e. The van der Waals surface area contributed by atoms with Gasteiger partial charge >= 0.3 is 0 Å². The summed E-state index contributed by atoms with van der Waals surface area (Å²) in [5.41, 5.74) is 1.38. The summed E-state index contributed by atoms with van der Waals surface area (Å²) in [5, 5.41) is 0. The first kappa shape index (κ1) is 14.6. The van der Waals surface area contributed by atoms with Gasteiger partial charge in [0.2, 0.25) is 0 Å². The van der Waals surface area contributed by atoms with Crippen LogP contribution >= 0.6 is 0 Å². The molecule has 4 aliphatic heterocycles. The van der Waals surface area contributed by atoms with E-state index in [9.17, 15) is 4.79 Å². The summed E-state index contributed by atoms with van der Waals surface area (Å²) in [6.45, 7) is 4.78. The molecule has 0 unspecified atom stereocenters. The van der Waals surface area contributed by atoms with Gasteiger partial charge in [-0.3, -0.25) is 4.79 Å². The second-order valence-corrected chi connectivity index (χ2v) is 6.44. The average Bonchev–Trinajstić information content (AvgIpc) is 2.90. The minimum Gasteiger partial charge on any atom is -0.497 e. The second-order valence-electron chi connectivity index (χ2n) is 6.44. The monoisotopic (exact) mass is 314 g/mol. The van der Waals surface area contributed by atoms with E-state index < -0.39 is 0 Å². The molecule has 5 nitrogen and oxygen atoms in total. The van der Waals surface area contributed by atoms with E-state index in [2.05, 4.69) is 16.0 Å². The number of nitrogens with zero attached hydrogens (tertiary/aromatic N) is 2. The summed E-state index contributed by atoms with van der Waals surface area (Å²) in [6, 6.07) is 5.95. The van der Waals surface area contributed by atoms with Gasteiger partial charge in [0.25, 0.3) is 0 Å². The molecule has 3 saturated heterocycles. The molecular formula is C18H22N2O3. The number of benzene rings is 1. The summed E-state index contributed by atoms with van der Waals surface area (Å²) < 4.78 is 11.0. The van der Waals surface area contributed by atoms with Crippen molar-refractivity contribution >= 4 is 5.78 Å². The van der Waals surface area contributed by atoms with Crippen LogP contribution in [0.1, 0.15) is 23.2 Å². The number of fused-ring (bicyclic) bond motifs is 5. The quantitative estimate of drug-likeness (QED) is 0.780. The lowest BCUT2D eigenvalue weighted by atomic mass is 10.00. The van der Waals surface area contributed by atoms with Gasteiger partial charge in [0.15, 0.2) is 5.78 Å².